The number of likely N-dealkylation sites (tertiary alicyclic amines) is 1. The van der Waals surface area contributed by atoms with Crippen LogP contribution in [0.15, 0.2) is 0 Å². The van der Waals surface area contributed by atoms with E-state index in [9.17, 15) is 68.4 Å². The quantitative estimate of drug-likeness (QED) is 0.0200. The third kappa shape index (κ3) is 19.5. The molecule has 7 unspecified atom stereocenters. The Labute approximate surface area is 358 Å². The van der Waals surface area contributed by atoms with Crippen molar-refractivity contribution in [2.75, 3.05) is 26.2 Å². The van der Waals surface area contributed by atoms with Crippen LogP contribution in [0.5, 0.6) is 0 Å². The van der Waals surface area contributed by atoms with Crippen molar-refractivity contribution in [3.05, 3.63) is 0 Å². The van der Waals surface area contributed by atoms with Gasteiger partial charge >= 0.3 is 17.9 Å². The zero-order valence-electron chi connectivity index (χ0n) is 35.4. The van der Waals surface area contributed by atoms with Crippen LogP contribution in [0.25, 0.3) is 0 Å². The number of rotatable bonds is 28. The largest absolute Gasteiger partial charge is 0.481 e. The molecule has 1 rings (SSSR count). The number of nitrogens with two attached hydrogens (primary N) is 2. The Morgan fingerprint density at radius 1 is 0.694 bits per heavy atom. The minimum absolute atomic E-state index is 0.0209. The number of carboxylic acids is 3. The molecule has 0 aromatic carbocycles. The molecule has 0 spiro atoms. The molecule has 0 aliphatic carbocycles. The summed E-state index contributed by atoms with van der Waals surface area (Å²) in [6.07, 6.45) is -1.50. The highest BCUT2D eigenvalue weighted by Gasteiger charge is 2.40. The van der Waals surface area contributed by atoms with Gasteiger partial charge in [-0.05, 0) is 56.8 Å². The lowest BCUT2D eigenvalue weighted by Crippen LogP contribution is -2.60. The fourth-order valence-corrected chi connectivity index (χ4v) is 6.41. The van der Waals surface area contributed by atoms with Gasteiger partial charge in [-0.25, -0.2) is 4.79 Å². The van der Waals surface area contributed by atoms with Crippen LogP contribution < -0.4 is 48.7 Å². The summed E-state index contributed by atoms with van der Waals surface area (Å²) in [5.41, 5.74) is 10.6. The molecule has 7 atom stereocenters. The fourth-order valence-electron chi connectivity index (χ4n) is 6.41. The summed E-state index contributed by atoms with van der Waals surface area (Å²) >= 11 is 0. The van der Waals surface area contributed by atoms with Crippen LogP contribution in [0, 0.1) is 17.2 Å². The van der Waals surface area contributed by atoms with Crippen molar-refractivity contribution in [2.45, 2.75) is 128 Å². The molecule has 350 valence electrons. The molecule has 1 fully saturated rings. The Morgan fingerprint density at radius 3 is 1.71 bits per heavy atom. The van der Waals surface area contributed by atoms with Crippen molar-refractivity contribution >= 4 is 65.2 Å². The Bertz CT molecular complexity index is 1630. The van der Waals surface area contributed by atoms with E-state index in [0.29, 0.717) is 6.42 Å². The van der Waals surface area contributed by atoms with E-state index in [1.807, 2.05) is 0 Å². The van der Waals surface area contributed by atoms with Gasteiger partial charge in [0.2, 0.25) is 41.4 Å². The third-order valence-corrected chi connectivity index (χ3v) is 9.41. The van der Waals surface area contributed by atoms with E-state index in [1.54, 1.807) is 27.7 Å². The van der Waals surface area contributed by atoms with Crippen molar-refractivity contribution in [3.63, 3.8) is 0 Å². The lowest BCUT2D eigenvalue weighted by Gasteiger charge is -2.30. The maximum Gasteiger partial charge on any atom is 0.326 e. The van der Waals surface area contributed by atoms with Crippen LogP contribution in [0.4, 0.5) is 0 Å². The molecule has 0 saturated carbocycles. The molecule has 1 aliphatic heterocycles. The second-order valence-corrected chi connectivity index (χ2v) is 15.6. The number of hydrogen-bond acceptors (Lipinski definition) is 13. The summed E-state index contributed by atoms with van der Waals surface area (Å²) in [5, 5.41) is 62.5. The minimum atomic E-state index is -1.78. The standard InChI is InChI=1S/C37H63N11O14/c1-18(2)13-22(45-34(59)26-8-6-12-48(26)35(60)23(15-29(53)54)42-27(50)16-38)32(57)44-21(9-10-28(51)52)31(56)47-25(17-49)33(58)43-20(7-5-11-41-37(39)40)30(55)46-24(36(61)62)14-19(3)4/h18-26,49H,5-17,38H2,1-4H3,(H,42,50)(H,43,58)(H,44,57)(H,45,59)(H,46,55)(H,47,56)(H,51,52)(H,53,54)(H,61,62)(H4,39,40,41). The topological polar surface area (TPSA) is 415 Å². The zero-order valence-corrected chi connectivity index (χ0v) is 35.4. The Morgan fingerprint density at radius 2 is 1.21 bits per heavy atom. The van der Waals surface area contributed by atoms with Crippen LogP contribution in [0.1, 0.15) is 85.5 Å². The van der Waals surface area contributed by atoms with E-state index in [0.717, 1.165) is 4.90 Å². The normalized spacial score (nSPS) is 16.4. The van der Waals surface area contributed by atoms with Crippen molar-refractivity contribution in [1.82, 2.24) is 42.1 Å². The van der Waals surface area contributed by atoms with Crippen molar-refractivity contribution in [3.8, 4) is 0 Å². The summed E-state index contributed by atoms with van der Waals surface area (Å²) in [6, 6.07) is -10.3. The third-order valence-electron chi connectivity index (χ3n) is 9.41. The highest BCUT2D eigenvalue weighted by molar-refractivity contribution is 5.98. The smallest absolute Gasteiger partial charge is 0.326 e. The highest BCUT2D eigenvalue weighted by atomic mass is 16.4. The maximum absolute atomic E-state index is 13.8. The molecular weight excluding hydrogens is 822 g/mol. The molecular formula is C37H63N11O14. The first-order chi connectivity index (χ1) is 29.0. The van der Waals surface area contributed by atoms with E-state index < -0.39 is 134 Å². The first-order valence-electron chi connectivity index (χ1n) is 20.2. The molecule has 0 bridgehead atoms. The van der Waals surface area contributed by atoms with Crippen molar-refractivity contribution < 1.29 is 68.4 Å². The summed E-state index contributed by atoms with van der Waals surface area (Å²) < 4.78 is 0. The number of hydrogen-bond donors (Lipinski definition) is 14. The van der Waals surface area contributed by atoms with Crippen LogP contribution in [-0.4, -0.2) is 159 Å². The number of carboxylic acid groups (broad SMARTS) is 3. The first-order valence-corrected chi connectivity index (χ1v) is 20.2. The molecule has 0 aromatic rings. The van der Waals surface area contributed by atoms with E-state index in [-0.39, 0.29) is 63.0 Å². The summed E-state index contributed by atoms with van der Waals surface area (Å²) in [6.45, 7) is 5.44. The number of aliphatic carboxylic acids is 3. The highest BCUT2D eigenvalue weighted by Crippen LogP contribution is 2.20. The number of guanidine groups is 1. The monoisotopic (exact) mass is 885 g/mol. The Hall–Kier alpha value is -6.11. The minimum Gasteiger partial charge on any atom is -0.481 e. The lowest BCUT2D eigenvalue weighted by atomic mass is 10.0. The van der Waals surface area contributed by atoms with Gasteiger partial charge in [-0.3, -0.25) is 48.6 Å². The number of amides is 7. The van der Waals surface area contributed by atoms with Gasteiger partial charge in [0.25, 0.3) is 0 Å². The molecule has 7 amide bonds. The average molecular weight is 886 g/mol. The van der Waals surface area contributed by atoms with Crippen LogP contribution in [0.2, 0.25) is 0 Å². The van der Waals surface area contributed by atoms with Crippen molar-refractivity contribution in [1.29, 1.82) is 5.41 Å². The molecule has 1 aliphatic rings. The van der Waals surface area contributed by atoms with Crippen molar-refractivity contribution in [2.24, 2.45) is 23.3 Å². The molecule has 1 heterocycles. The number of carbonyl (C=O) groups is 10. The van der Waals surface area contributed by atoms with Gasteiger partial charge in [0.1, 0.15) is 42.3 Å². The van der Waals surface area contributed by atoms with Crippen LogP contribution in [-0.2, 0) is 47.9 Å². The number of carbonyl (C=O) groups excluding carboxylic acids is 7. The molecule has 62 heavy (non-hydrogen) atoms. The number of nitrogens with one attached hydrogen (secondary N) is 8. The molecule has 0 aromatic heterocycles. The van der Waals surface area contributed by atoms with E-state index in [4.69, 9.17) is 16.9 Å². The Balaban J connectivity index is 3.30. The molecule has 0 radical (unpaired) electrons. The molecule has 1 saturated heterocycles. The maximum atomic E-state index is 13.8. The number of aliphatic hydroxyl groups is 1. The first kappa shape index (κ1) is 53.9. The SMILES string of the molecule is CC(C)CC(NC(=O)C(CCCNC(=N)N)NC(=O)C(CO)NC(=O)C(CCC(=O)O)NC(=O)C(CC(C)C)NC(=O)C1CCCN1C(=O)C(CC(=O)O)NC(=O)CN)C(=O)O. The van der Waals surface area contributed by atoms with Crippen LogP contribution in [0.3, 0.4) is 0 Å². The summed E-state index contributed by atoms with van der Waals surface area (Å²) in [7, 11) is 0. The zero-order chi connectivity index (χ0) is 47.3. The number of nitrogens with zero attached hydrogens (tertiary/aromatic N) is 1. The van der Waals surface area contributed by atoms with Gasteiger partial charge in [-0.15, -0.1) is 0 Å². The Kier molecular flexibility index (Phi) is 23.4. The van der Waals surface area contributed by atoms with Gasteiger partial charge in [0.15, 0.2) is 5.96 Å². The van der Waals surface area contributed by atoms with Gasteiger partial charge in [-0.2, -0.15) is 0 Å². The van der Waals surface area contributed by atoms with Gasteiger partial charge in [0, 0.05) is 19.5 Å². The predicted molar refractivity (Wildman–Crippen MR) is 217 cm³/mol. The summed E-state index contributed by atoms with van der Waals surface area (Å²) in [4.78, 5) is 129. The predicted octanol–water partition coefficient (Wildman–Crippen LogP) is -4.38. The second-order valence-electron chi connectivity index (χ2n) is 15.6. The average Bonchev–Trinajstić information content (AvgIpc) is 3.67. The molecule has 25 nitrogen and oxygen atoms in total. The molecule has 16 N–H and O–H groups in total. The van der Waals surface area contributed by atoms with Gasteiger partial charge in [-0.1, -0.05) is 27.7 Å². The van der Waals surface area contributed by atoms with Crippen LogP contribution >= 0.6 is 0 Å². The van der Waals surface area contributed by atoms with E-state index in [2.05, 4.69) is 37.2 Å². The number of aliphatic hydroxyl groups excluding tert-OH is 1. The van der Waals surface area contributed by atoms with E-state index >= 15 is 0 Å². The second kappa shape index (κ2) is 27.0. The van der Waals surface area contributed by atoms with Gasteiger partial charge < -0.3 is 74.0 Å². The lowest BCUT2D eigenvalue weighted by molar-refractivity contribution is -0.146. The fraction of sp³-hybridized carbons (Fsp3) is 0.703. The molecule has 25 heteroatoms. The summed E-state index contributed by atoms with van der Waals surface area (Å²) in [5.74, 6) is -11.4. The van der Waals surface area contributed by atoms with E-state index in [1.165, 1.54) is 0 Å². The van der Waals surface area contributed by atoms with Gasteiger partial charge in [0.05, 0.1) is 19.6 Å².